The summed E-state index contributed by atoms with van der Waals surface area (Å²) < 4.78 is 0. The van der Waals surface area contributed by atoms with E-state index < -0.39 is 0 Å². The maximum atomic E-state index is 12.4. The molecule has 1 fully saturated rings. The van der Waals surface area contributed by atoms with Crippen molar-refractivity contribution in [3.05, 3.63) is 36.0 Å². The maximum Gasteiger partial charge on any atom is 0.319 e. The van der Waals surface area contributed by atoms with Gasteiger partial charge in [-0.3, -0.25) is 4.98 Å². The fourth-order valence-corrected chi connectivity index (χ4v) is 3.37. The van der Waals surface area contributed by atoms with Crippen molar-refractivity contribution in [3.8, 4) is 0 Å². The molecule has 0 atom stereocenters. The Bertz CT molecular complexity index is 708. The first-order chi connectivity index (χ1) is 11.7. The summed E-state index contributed by atoms with van der Waals surface area (Å²) in [5.74, 6) is 0. The predicted molar refractivity (Wildman–Crippen MR) is 98.4 cm³/mol. The van der Waals surface area contributed by atoms with Crippen LogP contribution in [0.25, 0.3) is 10.9 Å². The Morgan fingerprint density at radius 2 is 2.04 bits per heavy atom. The number of aryl methyl sites for hydroxylation is 1. The number of carbonyl (C=O) groups excluding carboxylic acids is 1. The van der Waals surface area contributed by atoms with E-state index in [1.54, 1.807) is 0 Å². The zero-order chi connectivity index (χ0) is 16.9. The zero-order valence-electron chi connectivity index (χ0n) is 14.5. The largest absolute Gasteiger partial charge is 0.335 e. The van der Waals surface area contributed by atoms with E-state index in [1.165, 1.54) is 6.42 Å². The van der Waals surface area contributed by atoms with E-state index in [0.29, 0.717) is 0 Å². The molecule has 0 saturated carbocycles. The topological polar surface area (TPSA) is 57.3 Å². The molecule has 5 nitrogen and oxygen atoms in total. The molecule has 2 N–H and O–H groups in total. The molecule has 24 heavy (non-hydrogen) atoms. The fourth-order valence-electron chi connectivity index (χ4n) is 3.37. The number of carbonyl (C=O) groups is 1. The lowest BCUT2D eigenvalue weighted by Crippen LogP contribution is -2.46. The highest BCUT2D eigenvalue weighted by Crippen LogP contribution is 2.23. The fraction of sp³-hybridized carbons (Fsp3) is 0.474. The molecule has 0 unspecified atom stereocenters. The standard InChI is InChI=1S/C19H26N4O/c1-3-10-23-11-8-15(9-12-23)21-19(24)22-18-13-14(2)20-17-7-5-4-6-16(17)18/h4-7,13,15H,3,8-12H2,1-2H3,(H2,20,21,22,24). The Balaban J connectivity index is 1.62. The highest BCUT2D eigenvalue weighted by atomic mass is 16.2. The molecule has 0 bridgehead atoms. The Morgan fingerprint density at radius 3 is 2.79 bits per heavy atom. The van der Waals surface area contributed by atoms with Gasteiger partial charge in [0.2, 0.25) is 0 Å². The summed E-state index contributed by atoms with van der Waals surface area (Å²) in [4.78, 5) is 19.4. The number of urea groups is 1. The Hall–Kier alpha value is -2.14. The van der Waals surface area contributed by atoms with Gasteiger partial charge in [0.25, 0.3) is 0 Å². The second kappa shape index (κ2) is 7.62. The number of amides is 2. The third-order valence-corrected chi connectivity index (χ3v) is 4.56. The van der Waals surface area contributed by atoms with Crippen LogP contribution in [0, 0.1) is 6.92 Å². The van der Waals surface area contributed by atoms with Gasteiger partial charge in [0, 0.05) is 30.2 Å². The van der Waals surface area contributed by atoms with Gasteiger partial charge < -0.3 is 15.5 Å². The van der Waals surface area contributed by atoms with E-state index in [0.717, 1.165) is 54.8 Å². The molecular weight excluding hydrogens is 300 g/mol. The maximum absolute atomic E-state index is 12.4. The smallest absolute Gasteiger partial charge is 0.319 e. The lowest BCUT2D eigenvalue weighted by Gasteiger charge is -2.32. The number of hydrogen-bond acceptors (Lipinski definition) is 3. The minimum absolute atomic E-state index is 0.125. The van der Waals surface area contributed by atoms with E-state index in [1.807, 2.05) is 37.3 Å². The minimum Gasteiger partial charge on any atom is -0.335 e. The number of anilines is 1. The number of hydrogen-bond donors (Lipinski definition) is 2. The Labute approximate surface area is 143 Å². The monoisotopic (exact) mass is 326 g/mol. The molecule has 2 aromatic rings. The molecule has 128 valence electrons. The van der Waals surface area contributed by atoms with E-state index in [2.05, 4.69) is 27.4 Å². The molecule has 3 rings (SSSR count). The first-order valence-corrected chi connectivity index (χ1v) is 8.82. The van der Waals surface area contributed by atoms with Gasteiger partial charge in [0.1, 0.15) is 0 Å². The van der Waals surface area contributed by atoms with E-state index in [-0.39, 0.29) is 12.1 Å². The number of nitrogens with one attached hydrogen (secondary N) is 2. The summed E-state index contributed by atoms with van der Waals surface area (Å²) in [5, 5.41) is 7.09. The quantitative estimate of drug-likeness (QED) is 0.903. The van der Waals surface area contributed by atoms with Crippen LogP contribution >= 0.6 is 0 Å². The van der Waals surface area contributed by atoms with Crippen LogP contribution in [0.3, 0.4) is 0 Å². The van der Waals surface area contributed by atoms with Crippen molar-refractivity contribution in [1.29, 1.82) is 0 Å². The van der Waals surface area contributed by atoms with Gasteiger partial charge in [-0.25, -0.2) is 4.79 Å². The minimum atomic E-state index is -0.125. The first kappa shape index (κ1) is 16.7. The number of nitrogens with zero attached hydrogens (tertiary/aromatic N) is 2. The molecule has 0 radical (unpaired) electrons. The molecule has 5 heteroatoms. The molecule has 2 amide bonds. The van der Waals surface area contributed by atoms with E-state index in [4.69, 9.17) is 0 Å². The van der Waals surface area contributed by atoms with Crippen molar-refractivity contribution >= 4 is 22.6 Å². The number of benzene rings is 1. The summed E-state index contributed by atoms with van der Waals surface area (Å²) in [6, 6.07) is 9.93. The van der Waals surface area contributed by atoms with Crippen molar-refractivity contribution in [3.63, 3.8) is 0 Å². The first-order valence-electron chi connectivity index (χ1n) is 8.82. The molecule has 1 saturated heterocycles. The number of para-hydroxylation sites is 1. The lowest BCUT2D eigenvalue weighted by atomic mass is 10.1. The molecule has 1 aliphatic rings. The van der Waals surface area contributed by atoms with Crippen LogP contribution in [-0.2, 0) is 0 Å². The summed E-state index contributed by atoms with van der Waals surface area (Å²) in [6.07, 6.45) is 3.22. The van der Waals surface area contributed by atoms with Gasteiger partial charge in [-0.1, -0.05) is 25.1 Å². The second-order valence-corrected chi connectivity index (χ2v) is 6.54. The Kier molecular flexibility index (Phi) is 5.30. The van der Waals surface area contributed by atoms with Crippen LogP contribution in [0.1, 0.15) is 31.9 Å². The lowest BCUT2D eigenvalue weighted by molar-refractivity contribution is 0.196. The number of likely N-dealkylation sites (tertiary alicyclic amines) is 1. The van der Waals surface area contributed by atoms with Crippen molar-refractivity contribution in [2.45, 2.75) is 39.2 Å². The summed E-state index contributed by atoms with van der Waals surface area (Å²) in [5.41, 5.74) is 2.62. The predicted octanol–water partition coefficient (Wildman–Crippen LogP) is 3.54. The van der Waals surface area contributed by atoms with Gasteiger partial charge in [-0.05, 0) is 44.9 Å². The molecule has 0 aliphatic carbocycles. The van der Waals surface area contributed by atoms with Crippen LogP contribution in [0.5, 0.6) is 0 Å². The molecule has 2 heterocycles. The normalized spacial score (nSPS) is 16.2. The SMILES string of the molecule is CCCN1CCC(NC(=O)Nc2cc(C)nc3ccccc23)CC1. The van der Waals surface area contributed by atoms with Crippen LogP contribution in [0.15, 0.2) is 30.3 Å². The van der Waals surface area contributed by atoms with Gasteiger partial charge in [0.15, 0.2) is 0 Å². The number of pyridine rings is 1. The molecule has 0 spiro atoms. The van der Waals surface area contributed by atoms with Crippen LogP contribution < -0.4 is 10.6 Å². The van der Waals surface area contributed by atoms with Crippen LogP contribution in [0.4, 0.5) is 10.5 Å². The van der Waals surface area contributed by atoms with Gasteiger partial charge in [0.05, 0.1) is 11.2 Å². The number of aromatic nitrogens is 1. The van der Waals surface area contributed by atoms with Gasteiger partial charge >= 0.3 is 6.03 Å². The average Bonchev–Trinajstić information content (AvgIpc) is 2.57. The molecule has 1 aromatic carbocycles. The summed E-state index contributed by atoms with van der Waals surface area (Å²) in [7, 11) is 0. The molecular formula is C19H26N4O. The van der Waals surface area contributed by atoms with Crippen LogP contribution in [0.2, 0.25) is 0 Å². The highest BCUT2D eigenvalue weighted by molar-refractivity contribution is 6.00. The number of rotatable bonds is 4. The van der Waals surface area contributed by atoms with Crippen molar-refractivity contribution < 1.29 is 4.79 Å². The third-order valence-electron chi connectivity index (χ3n) is 4.56. The zero-order valence-corrected chi connectivity index (χ0v) is 14.5. The number of piperidine rings is 1. The van der Waals surface area contributed by atoms with Gasteiger partial charge in [-0.15, -0.1) is 0 Å². The van der Waals surface area contributed by atoms with Crippen molar-refractivity contribution in [2.75, 3.05) is 25.0 Å². The second-order valence-electron chi connectivity index (χ2n) is 6.54. The molecule has 1 aliphatic heterocycles. The third kappa shape index (κ3) is 4.03. The van der Waals surface area contributed by atoms with E-state index in [9.17, 15) is 4.79 Å². The van der Waals surface area contributed by atoms with Crippen molar-refractivity contribution in [2.24, 2.45) is 0 Å². The highest BCUT2D eigenvalue weighted by Gasteiger charge is 2.20. The summed E-state index contributed by atoms with van der Waals surface area (Å²) in [6.45, 7) is 7.44. The molecule has 1 aromatic heterocycles. The average molecular weight is 326 g/mol. The van der Waals surface area contributed by atoms with Gasteiger partial charge in [-0.2, -0.15) is 0 Å². The van der Waals surface area contributed by atoms with Crippen LogP contribution in [-0.4, -0.2) is 41.6 Å². The summed E-state index contributed by atoms with van der Waals surface area (Å²) >= 11 is 0. The Morgan fingerprint density at radius 1 is 1.29 bits per heavy atom. The van der Waals surface area contributed by atoms with E-state index >= 15 is 0 Å². The van der Waals surface area contributed by atoms with Crippen molar-refractivity contribution in [1.82, 2.24) is 15.2 Å². The number of fused-ring (bicyclic) bond motifs is 1.